The number of nitrogens with one attached hydrogen (secondary N) is 3. The van der Waals surface area contributed by atoms with Crippen LogP contribution in [0.5, 0.6) is 0 Å². The monoisotopic (exact) mass is 430 g/mol. The first kappa shape index (κ1) is 23.5. The molecular weight excluding hydrogens is 399 g/mol. The number of aliphatic imine (C=N–C) groups is 1. The van der Waals surface area contributed by atoms with Crippen LogP contribution in [0, 0.1) is 0 Å². The van der Waals surface area contributed by atoms with Crippen LogP contribution in [-0.4, -0.2) is 57.5 Å². The fourth-order valence-electron chi connectivity index (χ4n) is 1.41. The van der Waals surface area contributed by atoms with Crippen LogP contribution in [0.15, 0.2) is 4.99 Å². The summed E-state index contributed by atoms with van der Waals surface area (Å²) >= 11 is 0. The molecule has 1 amide bonds. The number of rotatable bonds is 8. The molecule has 0 aliphatic heterocycles. The molecule has 7 nitrogen and oxygen atoms in total. The zero-order valence-electron chi connectivity index (χ0n) is 14.3. The van der Waals surface area contributed by atoms with Crippen molar-refractivity contribution in [1.82, 2.24) is 16.0 Å². The van der Waals surface area contributed by atoms with Crippen molar-refractivity contribution in [3.05, 3.63) is 0 Å². The summed E-state index contributed by atoms with van der Waals surface area (Å²) in [5, 5.41) is 9.01. The van der Waals surface area contributed by atoms with Gasteiger partial charge in [0, 0.05) is 33.3 Å². The Labute approximate surface area is 151 Å². The highest BCUT2D eigenvalue weighted by Gasteiger charge is 2.15. The third kappa shape index (κ3) is 15.6. The SMILES string of the molecule is CCOCCNC(=NC)NCCCNC(=O)OC(C)(C)C.I. The Morgan fingerprint density at radius 1 is 1.09 bits per heavy atom. The van der Waals surface area contributed by atoms with Gasteiger partial charge in [-0.25, -0.2) is 4.79 Å². The van der Waals surface area contributed by atoms with Crippen LogP contribution in [0.2, 0.25) is 0 Å². The van der Waals surface area contributed by atoms with Crippen LogP contribution in [-0.2, 0) is 9.47 Å². The van der Waals surface area contributed by atoms with Gasteiger partial charge in [0.05, 0.1) is 6.61 Å². The van der Waals surface area contributed by atoms with E-state index in [0.717, 1.165) is 12.4 Å². The Kier molecular flexibility index (Phi) is 14.8. The van der Waals surface area contributed by atoms with Crippen molar-refractivity contribution in [2.24, 2.45) is 4.99 Å². The second kappa shape index (κ2) is 13.9. The molecule has 0 aliphatic carbocycles. The molecule has 0 heterocycles. The van der Waals surface area contributed by atoms with Gasteiger partial charge in [0.2, 0.25) is 0 Å². The molecule has 132 valence electrons. The van der Waals surface area contributed by atoms with Crippen molar-refractivity contribution in [1.29, 1.82) is 0 Å². The van der Waals surface area contributed by atoms with Crippen LogP contribution in [0.25, 0.3) is 0 Å². The quantitative estimate of drug-likeness (QED) is 0.236. The van der Waals surface area contributed by atoms with Gasteiger partial charge in [-0.2, -0.15) is 0 Å². The number of amides is 1. The predicted octanol–water partition coefficient (Wildman–Crippen LogP) is 1.72. The number of nitrogens with zero attached hydrogens (tertiary/aromatic N) is 1. The molecule has 0 saturated heterocycles. The van der Waals surface area contributed by atoms with Gasteiger partial charge < -0.3 is 25.4 Å². The second-order valence-electron chi connectivity index (χ2n) is 5.40. The summed E-state index contributed by atoms with van der Waals surface area (Å²) in [5.41, 5.74) is -0.463. The zero-order chi connectivity index (χ0) is 16.1. The molecule has 0 aromatic carbocycles. The third-order valence-electron chi connectivity index (χ3n) is 2.28. The van der Waals surface area contributed by atoms with E-state index < -0.39 is 5.60 Å². The van der Waals surface area contributed by atoms with Crippen molar-refractivity contribution >= 4 is 36.0 Å². The summed E-state index contributed by atoms with van der Waals surface area (Å²) in [7, 11) is 1.72. The Balaban J connectivity index is 0. The Morgan fingerprint density at radius 2 is 1.68 bits per heavy atom. The third-order valence-corrected chi connectivity index (χ3v) is 2.28. The van der Waals surface area contributed by atoms with Gasteiger partial charge >= 0.3 is 6.09 Å². The standard InChI is InChI=1S/C14H30N4O3.HI/c1-6-20-11-10-17-12(15-5)16-8-7-9-18-13(19)21-14(2,3)4;/h6-11H2,1-5H3,(H,18,19)(H2,15,16,17);1H. The molecule has 22 heavy (non-hydrogen) atoms. The van der Waals surface area contributed by atoms with Crippen LogP contribution >= 0.6 is 24.0 Å². The summed E-state index contributed by atoms with van der Waals surface area (Å²) in [4.78, 5) is 15.5. The topological polar surface area (TPSA) is 84.0 Å². The largest absolute Gasteiger partial charge is 0.444 e. The number of carbonyl (C=O) groups is 1. The van der Waals surface area contributed by atoms with Crippen molar-refractivity contribution in [3.63, 3.8) is 0 Å². The lowest BCUT2D eigenvalue weighted by atomic mass is 10.2. The first-order valence-electron chi connectivity index (χ1n) is 7.38. The minimum Gasteiger partial charge on any atom is -0.444 e. The summed E-state index contributed by atoms with van der Waals surface area (Å²) in [6.45, 7) is 10.8. The molecule has 0 aliphatic rings. The van der Waals surface area contributed by atoms with Gasteiger partial charge in [0.25, 0.3) is 0 Å². The number of ether oxygens (including phenoxy) is 2. The van der Waals surface area contributed by atoms with Gasteiger partial charge in [0.1, 0.15) is 5.60 Å². The Morgan fingerprint density at radius 3 is 2.23 bits per heavy atom. The molecule has 0 spiro atoms. The van der Waals surface area contributed by atoms with Crippen molar-refractivity contribution in [2.45, 2.75) is 39.7 Å². The second-order valence-corrected chi connectivity index (χ2v) is 5.40. The first-order chi connectivity index (χ1) is 9.89. The number of hydrogen-bond donors (Lipinski definition) is 3. The number of halogens is 1. The van der Waals surface area contributed by atoms with E-state index >= 15 is 0 Å². The molecule has 0 unspecified atom stereocenters. The predicted molar refractivity (Wildman–Crippen MR) is 100 cm³/mol. The average molecular weight is 430 g/mol. The Bertz CT molecular complexity index is 320. The number of carbonyl (C=O) groups excluding carboxylic acids is 1. The lowest BCUT2D eigenvalue weighted by Crippen LogP contribution is -2.40. The van der Waals surface area contributed by atoms with E-state index in [1.165, 1.54) is 0 Å². The first-order valence-corrected chi connectivity index (χ1v) is 7.38. The molecule has 0 atom stereocenters. The summed E-state index contributed by atoms with van der Waals surface area (Å²) < 4.78 is 10.4. The maximum Gasteiger partial charge on any atom is 0.407 e. The van der Waals surface area contributed by atoms with Crippen molar-refractivity contribution in [3.8, 4) is 0 Å². The average Bonchev–Trinajstić information content (AvgIpc) is 2.38. The van der Waals surface area contributed by atoms with Crippen molar-refractivity contribution < 1.29 is 14.3 Å². The Hall–Kier alpha value is -0.770. The minimum atomic E-state index is -0.463. The number of hydrogen-bond acceptors (Lipinski definition) is 4. The highest BCUT2D eigenvalue weighted by molar-refractivity contribution is 14.0. The van der Waals surface area contributed by atoms with Crippen molar-refractivity contribution in [2.75, 3.05) is 39.9 Å². The van der Waals surface area contributed by atoms with Crippen LogP contribution < -0.4 is 16.0 Å². The van der Waals surface area contributed by atoms with Gasteiger partial charge in [-0.05, 0) is 34.1 Å². The number of alkyl carbamates (subject to hydrolysis) is 1. The molecular formula is C14H31IN4O3. The number of guanidine groups is 1. The maximum absolute atomic E-state index is 11.4. The van der Waals surface area contributed by atoms with E-state index in [1.54, 1.807) is 7.05 Å². The minimum absolute atomic E-state index is 0. The molecule has 0 aromatic heterocycles. The zero-order valence-corrected chi connectivity index (χ0v) is 16.7. The molecule has 8 heteroatoms. The highest BCUT2D eigenvalue weighted by atomic mass is 127. The van der Waals surface area contributed by atoms with E-state index in [2.05, 4.69) is 20.9 Å². The summed E-state index contributed by atoms with van der Waals surface area (Å²) in [6, 6.07) is 0. The summed E-state index contributed by atoms with van der Waals surface area (Å²) in [5.74, 6) is 0.729. The van der Waals surface area contributed by atoms with E-state index in [4.69, 9.17) is 9.47 Å². The lowest BCUT2D eigenvalue weighted by Gasteiger charge is -2.19. The smallest absolute Gasteiger partial charge is 0.407 e. The highest BCUT2D eigenvalue weighted by Crippen LogP contribution is 2.06. The van der Waals surface area contributed by atoms with E-state index in [9.17, 15) is 4.79 Å². The van der Waals surface area contributed by atoms with Gasteiger partial charge in [-0.15, -0.1) is 24.0 Å². The van der Waals surface area contributed by atoms with Gasteiger partial charge in [-0.1, -0.05) is 0 Å². The van der Waals surface area contributed by atoms with E-state index in [1.807, 2.05) is 27.7 Å². The molecule has 3 N–H and O–H groups in total. The molecule has 0 rings (SSSR count). The molecule has 0 bridgehead atoms. The molecule has 0 saturated carbocycles. The molecule has 0 aromatic rings. The molecule has 0 fully saturated rings. The van der Waals surface area contributed by atoms with E-state index in [-0.39, 0.29) is 30.1 Å². The van der Waals surface area contributed by atoms with Crippen LogP contribution in [0.4, 0.5) is 4.79 Å². The summed E-state index contributed by atoms with van der Waals surface area (Å²) in [6.07, 6.45) is 0.396. The molecule has 0 radical (unpaired) electrons. The van der Waals surface area contributed by atoms with E-state index in [0.29, 0.717) is 32.8 Å². The van der Waals surface area contributed by atoms with Crippen LogP contribution in [0.3, 0.4) is 0 Å². The van der Waals surface area contributed by atoms with Gasteiger partial charge in [0.15, 0.2) is 5.96 Å². The lowest BCUT2D eigenvalue weighted by molar-refractivity contribution is 0.0527. The van der Waals surface area contributed by atoms with Crippen LogP contribution in [0.1, 0.15) is 34.1 Å². The normalized spacial score (nSPS) is 11.4. The fourth-order valence-corrected chi connectivity index (χ4v) is 1.41. The fraction of sp³-hybridized carbons (Fsp3) is 0.857. The maximum atomic E-state index is 11.4. The van der Waals surface area contributed by atoms with Gasteiger partial charge in [-0.3, -0.25) is 4.99 Å².